The molecular formula is C29H40N4O4. The molecule has 2 fully saturated rings. The number of carbonyl (C=O) groups is 3. The lowest BCUT2D eigenvalue weighted by molar-refractivity contribution is -0.140. The number of nitrogens with zero attached hydrogens (tertiary/aromatic N) is 1. The van der Waals surface area contributed by atoms with E-state index < -0.39 is 18.2 Å². The number of amides is 3. The molecule has 1 saturated heterocycles. The summed E-state index contributed by atoms with van der Waals surface area (Å²) >= 11 is 0. The van der Waals surface area contributed by atoms with Gasteiger partial charge in [0.05, 0.1) is 6.10 Å². The summed E-state index contributed by atoms with van der Waals surface area (Å²) in [5.74, 6) is -0.223. The van der Waals surface area contributed by atoms with Crippen LogP contribution in [0.3, 0.4) is 0 Å². The number of aliphatic hydroxyl groups is 1. The number of hydrogen-bond acceptors (Lipinski definition) is 5. The largest absolute Gasteiger partial charge is 0.390 e. The molecule has 4 rings (SSSR count). The molecule has 8 heteroatoms. The van der Waals surface area contributed by atoms with Crippen LogP contribution in [0.15, 0.2) is 42.5 Å². The van der Waals surface area contributed by atoms with E-state index in [4.69, 9.17) is 5.73 Å². The third-order valence-corrected chi connectivity index (χ3v) is 7.73. The van der Waals surface area contributed by atoms with E-state index in [1.165, 1.54) is 19.3 Å². The number of likely N-dealkylation sites (tertiary alicyclic amines) is 1. The van der Waals surface area contributed by atoms with Gasteiger partial charge < -0.3 is 26.4 Å². The van der Waals surface area contributed by atoms with Crippen molar-refractivity contribution >= 4 is 28.5 Å². The zero-order chi connectivity index (χ0) is 26.2. The molecule has 1 aliphatic heterocycles. The molecule has 8 nitrogen and oxygen atoms in total. The van der Waals surface area contributed by atoms with E-state index in [-0.39, 0.29) is 30.8 Å². The summed E-state index contributed by atoms with van der Waals surface area (Å²) in [5.41, 5.74) is 6.39. The fourth-order valence-corrected chi connectivity index (χ4v) is 5.60. The van der Waals surface area contributed by atoms with Crippen molar-refractivity contribution in [2.45, 2.75) is 76.0 Å². The molecule has 1 aliphatic carbocycles. The molecule has 3 amide bonds. The van der Waals surface area contributed by atoms with Gasteiger partial charge in [-0.05, 0) is 47.9 Å². The van der Waals surface area contributed by atoms with Crippen LogP contribution in [-0.2, 0) is 20.8 Å². The number of nitrogens with two attached hydrogens (primary N) is 1. The normalized spacial score (nSPS) is 19.9. The standard InChI is InChI=1S/C29H40N4O4/c30-18-24(34)19-31-28(36)25(16-21-12-13-22-9-4-5-10-23(22)15-21)32-29(37)26-11-6-14-33(26)27(35)17-20-7-2-1-3-8-20/h4-5,9-10,12-13,15,20,24-26,34H,1-3,6-8,11,14,16-19,30H2,(H,31,36)(H,32,37). The number of aliphatic hydroxyl groups excluding tert-OH is 1. The van der Waals surface area contributed by atoms with E-state index in [9.17, 15) is 19.5 Å². The Kier molecular flexibility index (Phi) is 9.52. The maximum absolute atomic E-state index is 13.4. The van der Waals surface area contributed by atoms with Gasteiger partial charge in [0.1, 0.15) is 12.1 Å². The molecule has 37 heavy (non-hydrogen) atoms. The maximum atomic E-state index is 13.4. The Hall–Kier alpha value is -2.97. The van der Waals surface area contributed by atoms with Crippen LogP contribution < -0.4 is 16.4 Å². The fraction of sp³-hybridized carbons (Fsp3) is 0.552. The first kappa shape index (κ1) is 27.1. The SMILES string of the molecule is NCC(O)CNC(=O)C(Cc1ccc2ccccc2c1)NC(=O)C1CCCN1C(=O)CC1CCCCC1. The van der Waals surface area contributed by atoms with Gasteiger partial charge in [-0.2, -0.15) is 0 Å². The molecule has 2 aliphatic rings. The molecule has 0 radical (unpaired) electrons. The van der Waals surface area contributed by atoms with E-state index in [2.05, 4.69) is 10.6 Å². The smallest absolute Gasteiger partial charge is 0.243 e. The van der Waals surface area contributed by atoms with Gasteiger partial charge in [-0.3, -0.25) is 14.4 Å². The van der Waals surface area contributed by atoms with E-state index in [1.54, 1.807) is 4.90 Å². The van der Waals surface area contributed by atoms with Crippen LogP contribution in [-0.4, -0.2) is 65.5 Å². The lowest BCUT2D eigenvalue weighted by Crippen LogP contribution is -2.54. The molecule has 5 N–H and O–H groups in total. The van der Waals surface area contributed by atoms with Gasteiger partial charge in [0.2, 0.25) is 17.7 Å². The molecule has 200 valence electrons. The summed E-state index contributed by atoms with van der Waals surface area (Å²) in [4.78, 5) is 41.3. The van der Waals surface area contributed by atoms with Crippen molar-refractivity contribution in [1.29, 1.82) is 0 Å². The van der Waals surface area contributed by atoms with Crippen molar-refractivity contribution < 1.29 is 19.5 Å². The van der Waals surface area contributed by atoms with E-state index >= 15 is 0 Å². The molecular weight excluding hydrogens is 468 g/mol. The van der Waals surface area contributed by atoms with Gasteiger partial charge in [-0.25, -0.2) is 0 Å². The number of benzene rings is 2. The number of hydrogen-bond donors (Lipinski definition) is 4. The Morgan fingerprint density at radius 3 is 2.51 bits per heavy atom. The molecule has 3 atom stereocenters. The Morgan fingerprint density at radius 1 is 1.00 bits per heavy atom. The number of carbonyl (C=O) groups excluding carboxylic acids is 3. The second-order valence-electron chi connectivity index (χ2n) is 10.5. The highest BCUT2D eigenvalue weighted by Gasteiger charge is 2.36. The summed E-state index contributed by atoms with van der Waals surface area (Å²) in [5, 5.41) is 17.6. The zero-order valence-corrected chi connectivity index (χ0v) is 21.5. The second-order valence-corrected chi connectivity index (χ2v) is 10.5. The minimum atomic E-state index is -0.858. The molecule has 1 saturated carbocycles. The van der Waals surface area contributed by atoms with Crippen LogP contribution in [0.1, 0.15) is 56.9 Å². The molecule has 2 aromatic rings. The van der Waals surface area contributed by atoms with E-state index in [1.807, 2.05) is 42.5 Å². The highest BCUT2D eigenvalue weighted by molar-refractivity contribution is 5.93. The Balaban J connectivity index is 1.45. The quantitative estimate of drug-likeness (QED) is 0.392. The molecule has 0 bridgehead atoms. The van der Waals surface area contributed by atoms with Crippen LogP contribution in [0.4, 0.5) is 0 Å². The van der Waals surface area contributed by atoms with E-state index in [0.29, 0.717) is 31.7 Å². The minimum absolute atomic E-state index is 0.00878. The van der Waals surface area contributed by atoms with Crippen LogP contribution in [0, 0.1) is 5.92 Å². The van der Waals surface area contributed by atoms with Crippen molar-refractivity contribution in [2.75, 3.05) is 19.6 Å². The number of fused-ring (bicyclic) bond motifs is 1. The third-order valence-electron chi connectivity index (χ3n) is 7.73. The molecule has 3 unspecified atom stereocenters. The molecule has 2 aromatic carbocycles. The van der Waals surface area contributed by atoms with Crippen molar-refractivity contribution in [3.63, 3.8) is 0 Å². The molecule has 0 spiro atoms. The highest BCUT2D eigenvalue weighted by Crippen LogP contribution is 2.28. The third kappa shape index (κ3) is 7.29. The lowest BCUT2D eigenvalue weighted by Gasteiger charge is -2.29. The topological polar surface area (TPSA) is 125 Å². The summed E-state index contributed by atoms with van der Waals surface area (Å²) in [6, 6.07) is 12.6. The Labute approximate surface area is 219 Å². The van der Waals surface area contributed by atoms with Crippen LogP contribution in [0.25, 0.3) is 10.8 Å². The van der Waals surface area contributed by atoms with Crippen molar-refractivity contribution in [1.82, 2.24) is 15.5 Å². The first-order valence-electron chi connectivity index (χ1n) is 13.7. The van der Waals surface area contributed by atoms with Gasteiger partial charge >= 0.3 is 0 Å². The molecule has 1 heterocycles. The molecule has 0 aromatic heterocycles. The summed E-state index contributed by atoms with van der Waals surface area (Å²) in [6.07, 6.45) is 7.06. The first-order chi connectivity index (χ1) is 17.9. The maximum Gasteiger partial charge on any atom is 0.243 e. The summed E-state index contributed by atoms with van der Waals surface area (Å²) in [6.45, 7) is 0.616. The monoisotopic (exact) mass is 508 g/mol. The average molecular weight is 509 g/mol. The summed E-state index contributed by atoms with van der Waals surface area (Å²) < 4.78 is 0. The highest BCUT2D eigenvalue weighted by atomic mass is 16.3. The predicted molar refractivity (Wildman–Crippen MR) is 144 cm³/mol. The fourth-order valence-electron chi connectivity index (χ4n) is 5.60. The van der Waals surface area contributed by atoms with Gasteiger partial charge in [0.15, 0.2) is 0 Å². The zero-order valence-electron chi connectivity index (χ0n) is 21.5. The van der Waals surface area contributed by atoms with E-state index in [0.717, 1.165) is 35.6 Å². The second kappa shape index (κ2) is 13.0. The van der Waals surface area contributed by atoms with Gasteiger partial charge in [0, 0.05) is 32.5 Å². The van der Waals surface area contributed by atoms with Crippen molar-refractivity contribution in [2.24, 2.45) is 11.7 Å². The Morgan fingerprint density at radius 2 is 1.76 bits per heavy atom. The Bertz CT molecular complexity index is 1080. The predicted octanol–water partition coefficient (Wildman–Crippen LogP) is 2.26. The lowest BCUT2D eigenvalue weighted by atomic mass is 9.86. The van der Waals surface area contributed by atoms with Gasteiger partial charge in [-0.15, -0.1) is 0 Å². The number of nitrogens with one attached hydrogen (secondary N) is 2. The van der Waals surface area contributed by atoms with Crippen LogP contribution in [0.2, 0.25) is 0 Å². The van der Waals surface area contributed by atoms with Gasteiger partial charge in [0.25, 0.3) is 0 Å². The average Bonchev–Trinajstić information content (AvgIpc) is 3.42. The first-order valence-corrected chi connectivity index (χ1v) is 13.7. The number of rotatable bonds is 10. The van der Waals surface area contributed by atoms with Crippen molar-refractivity contribution in [3.05, 3.63) is 48.0 Å². The minimum Gasteiger partial charge on any atom is -0.390 e. The van der Waals surface area contributed by atoms with Crippen LogP contribution in [0.5, 0.6) is 0 Å². The van der Waals surface area contributed by atoms with Crippen LogP contribution >= 0.6 is 0 Å². The summed E-state index contributed by atoms with van der Waals surface area (Å²) in [7, 11) is 0. The van der Waals surface area contributed by atoms with Crippen molar-refractivity contribution in [3.8, 4) is 0 Å². The van der Waals surface area contributed by atoms with Gasteiger partial charge in [-0.1, -0.05) is 61.7 Å².